The summed E-state index contributed by atoms with van der Waals surface area (Å²) in [6.45, 7) is -1.13. The van der Waals surface area contributed by atoms with Crippen molar-refractivity contribution >= 4 is 23.7 Å². The molecule has 1 aromatic carbocycles. The van der Waals surface area contributed by atoms with Gasteiger partial charge in [0.1, 0.15) is 18.1 Å². The first-order chi connectivity index (χ1) is 15.3. The lowest BCUT2D eigenvalue weighted by atomic mass is 10.1. The number of aliphatic hydroxyl groups excluding tert-OH is 1. The fourth-order valence-electron chi connectivity index (χ4n) is 2.87. The zero-order valence-electron chi connectivity index (χ0n) is 17.2. The van der Waals surface area contributed by atoms with Gasteiger partial charge in [-0.3, -0.25) is 14.4 Å². The quantitative estimate of drug-likeness (QED) is 0.188. The summed E-state index contributed by atoms with van der Waals surface area (Å²) in [5.41, 5.74) is 6.52. The van der Waals surface area contributed by atoms with Crippen LogP contribution in [0.25, 0.3) is 0 Å². The average Bonchev–Trinajstić information content (AvgIpc) is 3.29. The molecule has 0 aliphatic carbocycles. The van der Waals surface area contributed by atoms with E-state index in [1.165, 1.54) is 12.5 Å². The minimum Gasteiger partial charge on any atom is -0.480 e. The first-order valence-electron chi connectivity index (χ1n) is 9.79. The number of carboxylic acid groups (broad SMARTS) is 1. The van der Waals surface area contributed by atoms with Gasteiger partial charge in [-0.25, -0.2) is 9.78 Å². The summed E-state index contributed by atoms with van der Waals surface area (Å²) < 4.78 is 0. The largest absolute Gasteiger partial charge is 0.480 e. The molecule has 1 heterocycles. The molecule has 0 radical (unpaired) electrons. The molecule has 12 heteroatoms. The smallest absolute Gasteiger partial charge is 0.326 e. The molecule has 32 heavy (non-hydrogen) atoms. The predicted octanol–water partition coefficient (Wildman–Crippen LogP) is -2.32. The molecule has 0 aliphatic heterocycles. The zero-order chi connectivity index (χ0) is 23.5. The molecule has 2 aromatic rings. The second-order valence-corrected chi connectivity index (χ2v) is 6.94. The Labute approximate surface area is 183 Å². The average molecular weight is 446 g/mol. The molecule has 0 aliphatic rings. The summed E-state index contributed by atoms with van der Waals surface area (Å²) in [6.07, 6.45) is 2.91. The van der Waals surface area contributed by atoms with E-state index >= 15 is 0 Å². The van der Waals surface area contributed by atoms with Crippen molar-refractivity contribution in [1.29, 1.82) is 0 Å². The van der Waals surface area contributed by atoms with Crippen molar-refractivity contribution in [1.82, 2.24) is 25.9 Å². The molecule has 0 saturated heterocycles. The van der Waals surface area contributed by atoms with Gasteiger partial charge >= 0.3 is 5.97 Å². The van der Waals surface area contributed by atoms with Gasteiger partial charge < -0.3 is 36.9 Å². The van der Waals surface area contributed by atoms with Gasteiger partial charge in [0.2, 0.25) is 17.7 Å². The van der Waals surface area contributed by atoms with Crippen LogP contribution >= 0.6 is 0 Å². The number of rotatable bonds is 12. The topological polar surface area (TPSA) is 200 Å². The van der Waals surface area contributed by atoms with Gasteiger partial charge in [0, 0.05) is 24.7 Å². The summed E-state index contributed by atoms with van der Waals surface area (Å²) >= 11 is 0. The molecule has 1 aromatic heterocycles. The van der Waals surface area contributed by atoms with E-state index < -0.39 is 48.4 Å². The van der Waals surface area contributed by atoms with Crippen molar-refractivity contribution in [3.05, 3.63) is 54.1 Å². The number of carbonyl (C=O) groups is 4. The predicted molar refractivity (Wildman–Crippen MR) is 112 cm³/mol. The van der Waals surface area contributed by atoms with Crippen molar-refractivity contribution in [3.63, 3.8) is 0 Å². The normalized spacial score (nSPS) is 13.4. The number of nitrogens with one attached hydrogen (secondary N) is 4. The van der Waals surface area contributed by atoms with Gasteiger partial charge in [-0.05, 0) is 5.56 Å². The molecule has 3 atom stereocenters. The molecule has 172 valence electrons. The third kappa shape index (κ3) is 7.49. The standard InChI is InChI=1S/C20H26N6O6/c21-8-17(28)24-14(7-13-9-22-11-23-13)18(29)26-16(10-27)19(30)25-15(20(31)32)6-12-4-2-1-3-5-12/h1-5,9,11,14-16,27H,6-8,10,21H2,(H,22,23)(H,24,28)(H,25,30)(H,26,29)(H,31,32). The lowest BCUT2D eigenvalue weighted by Crippen LogP contribution is -2.58. The highest BCUT2D eigenvalue weighted by molar-refractivity contribution is 5.93. The monoisotopic (exact) mass is 446 g/mol. The lowest BCUT2D eigenvalue weighted by Gasteiger charge is -2.23. The van der Waals surface area contributed by atoms with Gasteiger partial charge in [0.15, 0.2) is 0 Å². The lowest BCUT2D eigenvalue weighted by molar-refractivity contribution is -0.142. The number of aromatic nitrogens is 2. The van der Waals surface area contributed by atoms with Gasteiger partial charge in [0.25, 0.3) is 0 Å². The highest BCUT2D eigenvalue weighted by Crippen LogP contribution is 2.05. The van der Waals surface area contributed by atoms with Crippen molar-refractivity contribution in [2.45, 2.75) is 31.0 Å². The fourth-order valence-corrected chi connectivity index (χ4v) is 2.87. The third-order valence-electron chi connectivity index (χ3n) is 4.53. The van der Waals surface area contributed by atoms with Crippen LogP contribution in [0.3, 0.4) is 0 Å². The number of amides is 3. The van der Waals surface area contributed by atoms with Crippen LogP contribution in [0.2, 0.25) is 0 Å². The molecule has 3 unspecified atom stereocenters. The number of imidazole rings is 1. The van der Waals surface area contributed by atoms with Crippen LogP contribution < -0.4 is 21.7 Å². The highest BCUT2D eigenvalue weighted by Gasteiger charge is 2.29. The Morgan fingerprint density at radius 2 is 1.62 bits per heavy atom. The zero-order valence-corrected chi connectivity index (χ0v) is 17.2. The van der Waals surface area contributed by atoms with E-state index in [1.54, 1.807) is 30.3 Å². The Balaban J connectivity index is 2.05. The molecule has 3 amide bonds. The number of nitrogens with two attached hydrogens (primary N) is 1. The first kappa shape index (κ1) is 24.5. The third-order valence-corrected chi connectivity index (χ3v) is 4.53. The summed E-state index contributed by atoms with van der Waals surface area (Å²) in [7, 11) is 0. The van der Waals surface area contributed by atoms with E-state index in [-0.39, 0.29) is 19.4 Å². The molecule has 0 fully saturated rings. The van der Waals surface area contributed by atoms with Crippen molar-refractivity contribution in [3.8, 4) is 0 Å². The number of aliphatic carboxylic acids is 1. The number of aromatic amines is 1. The number of hydrogen-bond donors (Lipinski definition) is 7. The molecule has 8 N–H and O–H groups in total. The van der Waals surface area contributed by atoms with Crippen molar-refractivity contribution in [2.24, 2.45) is 5.73 Å². The second kappa shape index (κ2) is 12.2. The number of hydrogen-bond acceptors (Lipinski definition) is 7. The molecule has 0 bridgehead atoms. The maximum absolute atomic E-state index is 12.7. The number of nitrogens with zero attached hydrogens (tertiary/aromatic N) is 1. The van der Waals surface area contributed by atoms with E-state index in [4.69, 9.17) is 5.73 Å². The summed E-state index contributed by atoms with van der Waals surface area (Å²) in [6, 6.07) is 4.88. The Kier molecular flexibility index (Phi) is 9.32. The van der Waals surface area contributed by atoms with Crippen LogP contribution in [0.5, 0.6) is 0 Å². The summed E-state index contributed by atoms with van der Waals surface area (Å²) in [4.78, 5) is 55.2. The number of carbonyl (C=O) groups excluding carboxylic acids is 3. The van der Waals surface area contributed by atoms with E-state index in [1.807, 2.05) is 0 Å². The molecule has 2 rings (SSSR count). The van der Waals surface area contributed by atoms with E-state index in [9.17, 15) is 29.4 Å². The van der Waals surface area contributed by atoms with Crippen LogP contribution in [0, 0.1) is 0 Å². The van der Waals surface area contributed by atoms with Gasteiger partial charge in [-0.15, -0.1) is 0 Å². The second-order valence-electron chi connectivity index (χ2n) is 6.94. The Hall–Kier alpha value is -3.77. The van der Waals surface area contributed by atoms with Gasteiger partial charge in [-0.2, -0.15) is 0 Å². The maximum Gasteiger partial charge on any atom is 0.326 e. The molecule has 12 nitrogen and oxygen atoms in total. The van der Waals surface area contributed by atoms with E-state index in [0.29, 0.717) is 11.3 Å². The minimum atomic E-state index is -1.43. The number of benzene rings is 1. The van der Waals surface area contributed by atoms with Gasteiger partial charge in [-0.1, -0.05) is 30.3 Å². The van der Waals surface area contributed by atoms with Crippen LogP contribution in [-0.4, -0.2) is 75.1 Å². The Morgan fingerprint density at radius 1 is 0.969 bits per heavy atom. The van der Waals surface area contributed by atoms with Crippen molar-refractivity contribution in [2.75, 3.05) is 13.2 Å². The number of aliphatic hydroxyl groups is 1. The maximum atomic E-state index is 12.7. The molecular formula is C20H26N6O6. The van der Waals surface area contributed by atoms with Crippen LogP contribution in [0.15, 0.2) is 42.9 Å². The van der Waals surface area contributed by atoms with Crippen molar-refractivity contribution < 1.29 is 29.4 Å². The minimum absolute atomic E-state index is 0.0169. The summed E-state index contributed by atoms with van der Waals surface area (Å²) in [5, 5.41) is 26.1. The Morgan fingerprint density at radius 3 is 2.19 bits per heavy atom. The first-order valence-corrected chi connectivity index (χ1v) is 9.79. The van der Waals surface area contributed by atoms with Crippen LogP contribution in [0.1, 0.15) is 11.3 Å². The van der Waals surface area contributed by atoms with E-state index in [2.05, 4.69) is 25.9 Å². The molecular weight excluding hydrogens is 420 g/mol. The number of carboxylic acids is 1. The van der Waals surface area contributed by atoms with Gasteiger partial charge in [0.05, 0.1) is 19.5 Å². The SMILES string of the molecule is NCC(=O)NC(Cc1cnc[nH]1)C(=O)NC(CO)C(=O)NC(Cc1ccccc1)C(=O)O. The molecule has 0 saturated carbocycles. The Bertz CT molecular complexity index is 905. The number of H-pyrrole nitrogens is 1. The van der Waals surface area contributed by atoms with Crippen LogP contribution in [0.4, 0.5) is 0 Å². The fraction of sp³-hybridized carbons (Fsp3) is 0.350. The summed E-state index contributed by atoms with van der Waals surface area (Å²) in [5.74, 6) is -3.50. The van der Waals surface area contributed by atoms with Crippen LogP contribution in [-0.2, 0) is 32.0 Å². The molecule has 0 spiro atoms. The highest BCUT2D eigenvalue weighted by atomic mass is 16.4. The van der Waals surface area contributed by atoms with E-state index in [0.717, 1.165) is 0 Å².